The van der Waals surface area contributed by atoms with Crippen molar-refractivity contribution in [3.05, 3.63) is 98.7 Å². The Balaban J connectivity index is 1.11. The van der Waals surface area contributed by atoms with Crippen molar-refractivity contribution < 1.29 is 14.6 Å². The standard InChI is InChI=1S/C41H45ClIN7O3/c1-2-38(52)50-23-22-49(25-31(50)16-18-44)40-33-17-21-48(36-14-5-9-28-8-4-13-34(42)39(28)36)26-35(33)45-41(46-40)53-27-32-12-6-19-47(32)20-7-15-37(51)29-10-3-11-30(43)24-29/h2-5,8-11,13-14,24,31-32,37,51H,1,6-7,12,15-17,19-23,25-27H2/t31-,32-,37?/m0/s1. The number of likely N-dealkylation sites (tertiary alicyclic amines) is 1. The third kappa shape index (κ3) is 8.41. The van der Waals surface area contributed by atoms with Gasteiger partial charge in [-0.2, -0.15) is 15.2 Å². The summed E-state index contributed by atoms with van der Waals surface area (Å²) in [6.07, 6.45) is 5.53. The highest BCUT2D eigenvalue weighted by Crippen LogP contribution is 2.37. The number of fused-ring (bicyclic) bond motifs is 2. The summed E-state index contributed by atoms with van der Waals surface area (Å²) in [6, 6.07) is 22.9. The van der Waals surface area contributed by atoms with Gasteiger partial charge in [0.05, 0.1) is 41.9 Å². The monoisotopic (exact) mass is 845 g/mol. The Bertz CT molecular complexity index is 2000. The number of amides is 1. The average molecular weight is 846 g/mol. The maximum Gasteiger partial charge on any atom is 0.318 e. The number of aromatic nitrogens is 2. The smallest absolute Gasteiger partial charge is 0.318 e. The lowest BCUT2D eigenvalue weighted by molar-refractivity contribution is -0.128. The summed E-state index contributed by atoms with van der Waals surface area (Å²) < 4.78 is 7.62. The number of benzene rings is 3. The predicted octanol–water partition coefficient (Wildman–Crippen LogP) is 6.92. The first-order chi connectivity index (χ1) is 25.8. The Morgan fingerprint density at radius 2 is 1.92 bits per heavy atom. The summed E-state index contributed by atoms with van der Waals surface area (Å²) in [6.45, 7) is 8.92. The minimum Gasteiger partial charge on any atom is -0.462 e. The minimum atomic E-state index is -0.474. The summed E-state index contributed by atoms with van der Waals surface area (Å²) in [5, 5.41) is 23.3. The van der Waals surface area contributed by atoms with Crippen molar-refractivity contribution in [2.24, 2.45) is 0 Å². The van der Waals surface area contributed by atoms with Crippen molar-refractivity contribution in [2.45, 2.75) is 63.3 Å². The molecular formula is C41H45ClIN7O3. The third-order valence-electron chi connectivity index (χ3n) is 10.8. The van der Waals surface area contributed by atoms with Crippen molar-refractivity contribution in [1.29, 1.82) is 5.26 Å². The van der Waals surface area contributed by atoms with Gasteiger partial charge in [-0.05, 0) is 109 Å². The lowest BCUT2D eigenvalue weighted by Crippen LogP contribution is -2.55. The molecule has 1 amide bonds. The first-order valence-corrected chi connectivity index (χ1v) is 20.0. The number of nitriles is 1. The van der Waals surface area contributed by atoms with Gasteiger partial charge in [0.15, 0.2) is 0 Å². The normalized spacial score (nSPS) is 19.5. The van der Waals surface area contributed by atoms with Gasteiger partial charge in [0.2, 0.25) is 5.91 Å². The van der Waals surface area contributed by atoms with Gasteiger partial charge in [0.1, 0.15) is 12.4 Å². The molecule has 276 valence electrons. The molecule has 1 N–H and O–H groups in total. The summed E-state index contributed by atoms with van der Waals surface area (Å²) >= 11 is 9.04. The maximum absolute atomic E-state index is 12.7. The van der Waals surface area contributed by atoms with Gasteiger partial charge in [-0.1, -0.05) is 54.6 Å². The average Bonchev–Trinajstić information content (AvgIpc) is 3.63. The summed E-state index contributed by atoms with van der Waals surface area (Å²) in [4.78, 5) is 31.6. The SMILES string of the molecule is C=CC(=O)N1CCN(c2nc(OC[C@@H]3CCCN3CCCC(O)c3cccc(I)c3)nc3c2CCN(c2cccc4cccc(Cl)c24)C3)C[C@@H]1CC#N. The molecule has 3 aliphatic heterocycles. The number of piperazine rings is 1. The first kappa shape index (κ1) is 37.4. The molecular weight excluding hydrogens is 801 g/mol. The second-order valence-corrected chi connectivity index (χ2v) is 15.7. The third-order valence-corrected chi connectivity index (χ3v) is 11.8. The summed E-state index contributed by atoms with van der Waals surface area (Å²) in [7, 11) is 0. The van der Waals surface area contributed by atoms with Gasteiger partial charge in [-0.15, -0.1) is 0 Å². The van der Waals surface area contributed by atoms with Crippen LogP contribution in [0, 0.1) is 14.9 Å². The number of rotatable bonds is 12. The molecule has 4 heterocycles. The van der Waals surface area contributed by atoms with Crippen molar-refractivity contribution in [1.82, 2.24) is 19.8 Å². The van der Waals surface area contributed by atoms with Crippen molar-refractivity contribution >= 4 is 62.4 Å². The predicted molar refractivity (Wildman–Crippen MR) is 217 cm³/mol. The lowest BCUT2D eigenvalue weighted by atomic mass is 10.0. The zero-order chi connectivity index (χ0) is 36.9. The van der Waals surface area contributed by atoms with Gasteiger partial charge >= 0.3 is 6.01 Å². The van der Waals surface area contributed by atoms with Crippen LogP contribution in [0.2, 0.25) is 5.02 Å². The Morgan fingerprint density at radius 1 is 1.09 bits per heavy atom. The Morgan fingerprint density at radius 3 is 2.74 bits per heavy atom. The first-order valence-electron chi connectivity index (χ1n) is 18.5. The van der Waals surface area contributed by atoms with Crippen LogP contribution in [-0.4, -0.2) is 88.7 Å². The highest BCUT2D eigenvalue weighted by Gasteiger charge is 2.34. The number of aliphatic hydroxyl groups excluding tert-OH is 1. The van der Waals surface area contributed by atoms with Crippen LogP contribution in [0.25, 0.3) is 10.8 Å². The molecule has 7 rings (SSSR count). The largest absolute Gasteiger partial charge is 0.462 e. The molecule has 1 unspecified atom stereocenters. The summed E-state index contributed by atoms with van der Waals surface area (Å²) in [5.41, 5.74) is 4.02. The van der Waals surface area contributed by atoms with Crippen molar-refractivity contribution in [2.75, 3.05) is 55.7 Å². The number of carbonyl (C=O) groups is 1. The van der Waals surface area contributed by atoms with Gasteiger partial charge < -0.3 is 24.5 Å². The van der Waals surface area contributed by atoms with Gasteiger partial charge in [-0.25, -0.2) is 0 Å². The number of ether oxygens (including phenoxy) is 1. The fourth-order valence-corrected chi connectivity index (χ4v) is 8.96. The quantitative estimate of drug-likeness (QED) is 0.120. The van der Waals surface area contributed by atoms with E-state index in [4.69, 9.17) is 26.3 Å². The Hall–Kier alpha value is -3.96. The van der Waals surface area contributed by atoms with Gasteiger partial charge in [0, 0.05) is 52.4 Å². The van der Waals surface area contributed by atoms with Crippen LogP contribution < -0.4 is 14.5 Å². The highest BCUT2D eigenvalue weighted by molar-refractivity contribution is 14.1. The molecule has 0 radical (unpaired) electrons. The number of hydrogen-bond donors (Lipinski definition) is 1. The maximum atomic E-state index is 12.7. The van der Waals surface area contributed by atoms with Crippen molar-refractivity contribution in [3.8, 4) is 12.1 Å². The molecule has 2 fully saturated rings. The zero-order valence-corrected chi connectivity index (χ0v) is 32.8. The summed E-state index contributed by atoms with van der Waals surface area (Å²) in [5.74, 6) is 0.663. The fraction of sp³-hybridized carbons (Fsp3) is 0.415. The topological polar surface area (TPSA) is 109 Å². The molecule has 10 nitrogen and oxygen atoms in total. The lowest BCUT2D eigenvalue weighted by Gasteiger charge is -2.42. The molecule has 0 aliphatic carbocycles. The van der Waals surface area contributed by atoms with Crippen LogP contribution in [0.5, 0.6) is 6.01 Å². The molecule has 53 heavy (non-hydrogen) atoms. The molecule has 3 atom stereocenters. The van der Waals surface area contributed by atoms with E-state index in [-0.39, 0.29) is 24.4 Å². The zero-order valence-electron chi connectivity index (χ0n) is 29.8. The van der Waals surface area contributed by atoms with Crippen LogP contribution in [0.15, 0.2) is 73.3 Å². The second-order valence-electron chi connectivity index (χ2n) is 14.1. The van der Waals surface area contributed by atoms with E-state index in [0.717, 1.165) is 93.0 Å². The highest BCUT2D eigenvalue weighted by atomic mass is 127. The van der Waals surface area contributed by atoms with E-state index < -0.39 is 6.10 Å². The fourth-order valence-electron chi connectivity index (χ4n) is 8.11. The Labute approximate surface area is 330 Å². The minimum absolute atomic E-state index is 0.159. The molecule has 1 aromatic heterocycles. The Kier molecular flexibility index (Phi) is 12.0. The van der Waals surface area contributed by atoms with Gasteiger partial charge in [-0.3, -0.25) is 9.69 Å². The molecule has 0 spiro atoms. The molecule has 3 aliphatic rings. The molecule has 0 saturated carbocycles. The van der Waals surface area contributed by atoms with Crippen LogP contribution in [-0.2, 0) is 17.8 Å². The number of halogens is 2. The van der Waals surface area contributed by atoms with Gasteiger partial charge in [0.25, 0.3) is 0 Å². The number of carbonyl (C=O) groups excluding carboxylic acids is 1. The number of hydrogen-bond acceptors (Lipinski definition) is 9. The van der Waals surface area contributed by atoms with E-state index in [0.29, 0.717) is 45.2 Å². The van der Waals surface area contributed by atoms with E-state index in [1.54, 1.807) is 4.90 Å². The van der Waals surface area contributed by atoms with E-state index in [1.807, 2.05) is 36.4 Å². The van der Waals surface area contributed by atoms with Crippen LogP contribution in [0.1, 0.15) is 55.0 Å². The van der Waals surface area contributed by atoms with Crippen LogP contribution in [0.3, 0.4) is 0 Å². The van der Waals surface area contributed by atoms with E-state index in [2.05, 4.69) is 74.2 Å². The van der Waals surface area contributed by atoms with E-state index in [1.165, 1.54) is 6.08 Å². The van der Waals surface area contributed by atoms with E-state index in [9.17, 15) is 15.2 Å². The number of aliphatic hydroxyl groups is 1. The molecule has 3 aromatic carbocycles. The van der Waals surface area contributed by atoms with E-state index >= 15 is 0 Å². The molecule has 12 heteroatoms. The number of nitrogens with zero attached hydrogens (tertiary/aromatic N) is 7. The number of anilines is 2. The molecule has 0 bridgehead atoms. The molecule has 4 aromatic rings. The van der Waals surface area contributed by atoms with Crippen molar-refractivity contribution in [3.63, 3.8) is 0 Å². The molecule has 2 saturated heterocycles. The van der Waals surface area contributed by atoms with Crippen LogP contribution in [0.4, 0.5) is 11.5 Å². The van der Waals surface area contributed by atoms with Crippen LogP contribution >= 0.6 is 34.2 Å². The second kappa shape index (κ2) is 17.0.